The molecule has 0 aromatic heterocycles. The number of likely N-dealkylation sites (N-methyl/N-ethyl adjacent to an activating group) is 2. The molecule has 118 valence electrons. The number of hydrogen-bond donors (Lipinski definition) is 1. The van der Waals surface area contributed by atoms with E-state index in [0.717, 1.165) is 45.0 Å². The molecule has 1 N–H and O–H groups in total. The molecule has 4 heteroatoms. The number of nitrogens with one attached hydrogen (secondary N) is 1. The highest BCUT2D eigenvalue weighted by Crippen LogP contribution is 2.26. The number of piperazine rings is 1. The van der Waals surface area contributed by atoms with E-state index in [4.69, 9.17) is 4.74 Å². The second kappa shape index (κ2) is 8.37. The van der Waals surface area contributed by atoms with E-state index in [9.17, 15) is 0 Å². The van der Waals surface area contributed by atoms with Gasteiger partial charge in [-0.25, -0.2) is 0 Å². The van der Waals surface area contributed by atoms with Crippen LogP contribution in [-0.2, 0) is 0 Å². The molecule has 2 rings (SSSR count). The van der Waals surface area contributed by atoms with Crippen LogP contribution >= 0.6 is 0 Å². The molecule has 0 radical (unpaired) electrons. The van der Waals surface area contributed by atoms with Crippen LogP contribution in [0.25, 0.3) is 0 Å². The number of para-hydroxylation sites is 1. The molecule has 4 nitrogen and oxygen atoms in total. The summed E-state index contributed by atoms with van der Waals surface area (Å²) in [6.07, 6.45) is 0. The van der Waals surface area contributed by atoms with Gasteiger partial charge in [-0.3, -0.25) is 4.90 Å². The van der Waals surface area contributed by atoms with Crippen molar-refractivity contribution in [2.45, 2.75) is 19.9 Å². The summed E-state index contributed by atoms with van der Waals surface area (Å²) in [4.78, 5) is 4.95. The third kappa shape index (κ3) is 4.70. The Morgan fingerprint density at radius 3 is 2.52 bits per heavy atom. The van der Waals surface area contributed by atoms with Crippen molar-refractivity contribution >= 4 is 0 Å². The molecule has 0 spiro atoms. The summed E-state index contributed by atoms with van der Waals surface area (Å²) in [6.45, 7) is 11.6. The van der Waals surface area contributed by atoms with Gasteiger partial charge < -0.3 is 15.0 Å². The lowest BCUT2D eigenvalue weighted by molar-refractivity contribution is 0.141. The number of benzene rings is 1. The van der Waals surface area contributed by atoms with Crippen LogP contribution in [0.15, 0.2) is 24.3 Å². The largest absolute Gasteiger partial charge is 0.494 e. The highest BCUT2D eigenvalue weighted by atomic mass is 16.5. The van der Waals surface area contributed by atoms with Crippen LogP contribution in [0.1, 0.15) is 25.5 Å². The molecule has 1 unspecified atom stereocenters. The fraction of sp³-hybridized carbons (Fsp3) is 0.647. The Hall–Kier alpha value is -1.10. The van der Waals surface area contributed by atoms with Crippen molar-refractivity contribution in [2.75, 3.05) is 52.9 Å². The van der Waals surface area contributed by atoms with Gasteiger partial charge >= 0.3 is 0 Å². The van der Waals surface area contributed by atoms with Crippen LogP contribution in [0.4, 0.5) is 0 Å². The molecule has 1 fully saturated rings. The highest BCUT2D eigenvalue weighted by molar-refractivity contribution is 5.36. The maximum Gasteiger partial charge on any atom is 0.124 e. The molecule has 1 aliphatic heterocycles. The zero-order valence-electron chi connectivity index (χ0n) is 13.6. The van der Waals surface area contributed by atoms with Crippen molar-refractivity contribution in [3.8, 4) is 5.75 Å². The second-order valence-corrected chi connectivity index (χ2v) is 5.68. The van der Waals surface area contributed by atoms with Crippen LogP contribution in [-0.4, -0.2) is 62.7 Å². The Morgan fingerprint density at radius 1 is 1.14 bits per heavy atom. The van der Waals surface area contributed by atoms with E-state index in [-0.39, 0.29) is 0 Å². The number of rotatable bonds is 7. The van der Waals surface area contributed by atoms with Crippen LogP contribution in [0.5, 0.6) is 5.75 Å². The summed E-state index contributed by atoms with van der Waals surface area (Å²) in [5.41, 5.74) is 1.28. The van der Waals surface area contributed by atoms with E-state index in [1.165, 1.54) is 5.56 Å². The van der Waals surface area contributed by atoms with Crippen LogP contribution in [0, 0.1) is 0 Å². The lowest BCUT2D eigenvalue weighted by atomic mass is 10.0. The molecule has 1 aliphatic rings. The molecule has 21 heavy (non-hydrogen) atoms. The third-order valence-electron chi connectivity index (χ3n) is 4.08. The summed E-state index contributed by atoms with van der Waals surface area (Å²) in [7, 11) is 2.20. The van der Waals surface area contributed by atoms with Crippen molar-refractivity contribution in [2.24, 2.45) is 0 Å². The number of hydrogen-bond acceptors (Lipinski definition) is 4. The average Bonchev–Trinajstić information content (AvgIpc) is 2.50. The normalized spacial score (nSPS) is 18.6. The molecule has 1 saturated heterocycles. The third-order valence-corrected chi connectivity index (χ3v) is 4.08. The lowest BCUT2D eigenvalue weighted by Gasteiger charge is -2.35. The zero-order chi connectivity index (χ0) is 15.1. The number of ether oxygens (including phenoxy) is 1. The van der Waals surface area contributed by atoms with E-state index in [0.29, 0.717) is 12.6 Å². The van der Waals surface area contributed by atoms with Crippen molar-refractivity contribution < 1.29 is 4.74 Å². The first-order chi connectivity index (χ1) is 10.2. The summed E-state index contributed by atoms with van der Waals surface area (Å²) in [5, 5.41) is 3.62. The monoisotopic (exact) mass is 291 g/mol. The van der Waals surface area contributed by atoms with Gasteiger partial charge in [0.05, 0.1) is 6.61 Å². The van der Waals surface area contributed by atoms with Gasteiger partial charge in [0.1, 0.15) is 5.75 Å². The molecular weight excluding hydrogens is 262 g/mol. The van der Waals surface area contributed by atoms with E-state index in [1.807, 2.05) is 13.0 Å². The summed E-state index contributed by atoms with van der Waals surface area (Å²) < 4.78 is 5.80. The fourth-order valence-corrected chi connectivity index (χ4v) is 2.86. The molecule has 1 aromatic carbocycles. The Labute approximate surface area is 129 Å². The molecular formula is C17H29N3O. The van der Waals surface area contributed by atoms with Gasteiger partial charge in [-0.1, -0.05) is 25.1 Å². The molecule has 1 aromatic rings. The van der Waals surface area contributed by atoms with Gasteiger partial charge in [-0.2, -0.15) is 0 Å². The van der Waals surface area contributed by atoms with E-state index < -0.39 is 0 Å². The van der Waals surface area contributed by atoms with Gasteiger partial charge in [0.25, 0.3) is 0 Å². The van der Waals surface area contributed by atoms with E-state index in [1.54, 1.807) is 0 Å². The highest BCUT2D eigenvalue weighted by Gasteiger charge is 2.21. The Bertz CT molecular complexity index is 416. The van der Waals surface area contributed by atoms with Crippen molar-refractivity contribution in [1.82, 2.24) is 15.1 Å². The minimum absolute atomic E-state index is 0.334. The molecule has 1 atom stereocenters. The maximum absolute atomic E-state index is 5.80. The summed E-state index contributed by atoms with van der Waals surface area (Å²) in [6, 6.07) is 8.75. The minimum atomic E-state index is 0.334. The maximum atomic E-state index is 5.80. The predicted octanol–water partition coefficient (Wildman–Crippen LogP) is 1.98. The van der Waals surface area contributed by atoms with Gasteiger partial charge in [0.15, 0.2) is 0 Å². The Balaban J connectivity index is 2.07. The SMILES string of the molecule is CCNC(CN1CCN(C)CC1)c1ccccc1OCC. The molecule has 0 saturated carbocycles. The van der Waals surface area contributed by atoms with Crippen LogP contribution in [0.2, 0.25) is 0 Å². The fourth-order valence-electron chi connectivity index (χ4n) is 2.86. The first kappa shape index (κ1) is 16.3. The van der Waals surface area contributed by atoms with Crippen molar-refractivity contribution in [3.63, 3.8) is 0 Å². The van der Waals surface area contributed by atoms with Gasteiger partial charge in [0.2, 0.25) is 0 Å². The van der Waals surface area contributed by atoms with Crippen molar-refractivity contribution in [1.29, 1.82) is 0 Å². The Morgan fingerprint density at radius 2 is 1.86 bits per heavy atom. The smallest absolute Gasteiger partial charge is 0.124 e. The van der Waals surface area contributed by atoms with Gasteiger partial charge in [-0.05, 0) is 26.6 Å². The Kier molecular flexibility index (Phi) is 6.49. The summed E-state index contributed by atoms with van der Waals surface area (Å²) in [5.74, 6) is 1.01. The van der Waals surface area contributed by atoms with Gasteiger partial charge in [0, 0.05) is 44.3 Å². The molecule has 0 aliphatic carbocycles. The quantitative estimate of drug-likeness (QED) is 0.831. The van der Waals surface area contributed by atoms with Gasteiger partial charge in [-0.15, -0.1) is 0 Å². The van der Waals surface area contributed by atoms with Crippen molar-refractivity contribution in [3.05, 3.63) is 29.8 Å². The topological polar surface area (TPSA) is 27.7 Å². The number of nitrogens with zero attached hydrogens (tertiary/aromatic N) is 2. The zero-order valence-corrected chi connectivity index (χ0v) is 13.6. The minimum Gasteiger partial charge on any atom is -0.494 e. The molecule has 0 amide bonds. The van der Waals surface area contributed by atoms with E-state index >= 15 is 0 Å². The van der Waals surface area contributed by atoms with E-state index in [2.05, 4.69) is 47.3 Å². The molecule has 1 heterocycles. The second-order valence-electron chi connectivity index (χ2n) is 5.68. The average molecular weight is 291 g/mol. The summed E-state index contributed by atoms with van der Waals surface area (Å²) >= 11 is 0. The van der Waals surface area contributed by atoms with Crippen LogP contribution in [0.3, 0.4) is 0 Å². The first-order valence-electron chi connectivity index (χ1n) is 8.10. The predicted molar refractivity (Wildman–Crippen MR) is 88.0 cm³/mol. The van der Waals surface area contributed by atoms with Crippen LogP contribution < -0.4 is 10.1 Å². The molecule has 0 bridgehead atoms. The first-order valence-corrected chi connectivity index (χ1v) is 8.10. The standard InChI is InChI=1S/C17H29N3O/c1-4-18-16(14-20-12-10-19(3)11-13-20)15-8-6-7-9-17(15)21-5-2/h6-9,16,18H,4-5,10-14H2,1-3H3. The lowest BCUT2D eigenvalue weighted by Crippen LogP contribution is -2.47.